The first-order valence-corrected chi connectivity index (χ1v) is 14.2. The maximum atomic E-state index is 13.7. The predicted octanol–water partition coefficient (Wildman–Crippen LogP) is 4.91. The van der Waals surface area contributed by atoms with Gasteiger partial charge in [0.1, 0.15) is 5.75 Å². The molecular weight excluding hydrogens is 486 g/mol. The van der Waals surface area contributed by atoms with Crippen LogP contribution in [0.15, 0.2) is 54.6 Å². The summed E-state index contributed by atoms with van der Waals surface area (Å²) in [6, 6.07) is 17.9. The zero-order valence-corrected chi connectivity index (χ0v) is 23.2. The number of phenolic OH excluding ortho intramolecular Hbond substituents is 1. The molecule has 5 rings (SSSR count). The molecule has 0 bridgehead atoms. The fourth-order valence-electron chi connectivity index (χ4n) is 6.27. The van der Waals surface area contributed by atoms with Gasteiger partial charge in [-0.25, -0.2) is 0 Å². The summed E-state index contributed by atoms with van der Waals surface area (Å²) in [4.78, 5) is 28.3. The lowest BCUT2D eigenvalue weighted by Crippen LogP contribution is -2.48. The summed E-state index contributed by atoms with van der Waals surface area (Å²) in [5.41, 5.74) is 8.88. The van der Waals surface area contributed by atoms with Crippen molar-refractivity contribution in [3.8, 4) is 5.75 Å². The maximum absolute atomic E-state index is 13.7. The minimum atomic E-state index is -0.355. The summed E-state index contributed by atoms with van der Waals surface area (Å²) >= 11 is 0. The molecule has 0 saturated heterocycles. The molecule has 204 valence electrons. The van der Waals surface area contributed by atoms with Crippen molar-refractivity contribution in [1.29, 1.82) is 0 Å². The van der Waals surface area contributed by atoms with Crippen LogP contribution in [0.5, 0.6) is 5.75 Å². The molecule has 2 amide bonds. The standard InChI is InChI=1S/C33H39N3O3/c1-4-8-26-17-24(16-23-9-6-5-7-10-23)18-29-30(12-14-36(22(3)37)32(26)29)35-33(39)31-20-28-21(2)15-27(38)19-25(28)11-13-34-31/h5-7,9-10,15,17-19,30-31,34,38H,4,8,11-14,16,20H2,1-3H3,(H,35,39). The van der Waals surface area contributed by atoms with Crippen LogP contribution < -0.4 is 15.5 Å². The summed E-state index contributed by atoms with van der Waals surface area (Å²) in [7, 11) is 0. The number of carbonyl (C=O) groups is 2. The minimum Gasteiger partial charge on any atom is -0.508 e. The van der Waals surface area contributed by atoms with E-state index in [1.54, 1.807) is 13.0 Å². The van der Waals surface area contributed by atoms with Gasteiger partial charge in [0.2, 0.25) is 11.8 Å². The number of benzene rings is 3. The largest absolute Gasteiger partial charge is 0.508 e. The molecule has 0 fully saturated rings. The number of aryl methyl sites for hydroxylation is 2. The smallest absolute Gasteiger partial charge is 0.237 e. The van der Waals surface area contributed by atoms with E-state index in [4.69, 9.17) is 0 Å². The van der Waals surface area contributed by atoms with Crippen LogP contribution >= 0.6 is 0 Å². The number of amides is 2. The van der Waals surface area contributed by atoms with Gasteiger partial charge >= 0.3 is 0 Å². The minimum absolute atomic E-state index is 0.0203. The van der Waals surface area contributed by atoms with Crippen molar-refractivity contribution in [2.75, 3.05) is 18.0 Å². The highest BCUT2D eigenvalue weighted by molar-refractivity contribution is 5.94. The zero-order valence-electron chi connectivity index (χ0n) is 23.2. The molecule has 0 saturated carbocycles. The number of hydrogen-bond acceptors (Lipinski definition) is 4. The number of hydrogen-bond donors (Lipinski definition) is 3. The predicted molar refractivity (Wildman–Crippen MR) is 155 cm³/mol. The van der Waals surface area contributed by atoms with Crippen LogP contribution in [-0.2, 0) is 35.3 Å². The number of aromatic hydroxyl groups is 1. The Kier molecular flexibility index (Phi) is 8.03. The Hall–Kier alpha value is -3.64. The van der Waals surface area contributed by atoms with Gasteiger partial charge < -0.3 is 20.6 Å². The molecule has 6 nitrogen and oxygen atoms in total. The molecule has 2 atom stereocenters. The Bertz CT molecular complexity index is 1370. The number of anilines is 1. The highest BCUT2D eigenvalue weighted by Crippen LogP contribution is 2.39. The molecule has 3 aromatic rings. The first-order chi connectivity index (χ1) is 18.8. The van der Waals surface area contributed by atoms with Crippen molar-refractivity contribution in [2.24, 2.45) is 0 Å². The fraction of sp³-hybridized carbons (Fsp3) is 0.394. The Labute approximate surface area is 231 Å². The number of phenols is 1. The normalized spacial score (nSPS) is 18.6. The Balaban J connectivity index is 1.46. The second-order valence-electron chi connectivity index (χ2n) is 11.0. The van der Waals surface area contributed by atoms with Crippen LogP contribution in [0.3, 0.4) is 0 Å². The first kappa shape index (κ1) is 26.9. The van der Waals surface area contributed by atoms with Gasteiger partial charge in [-0.3, -0.25) is 9.59 Å². The number of rotatable bonds is 6. The summed E-state index contributed by atoms with van der Waals surface area (Å²) in [6.45, 7) is 7.05. The van der Waals surface area contributed by atoms with E-state index >= 15 is 0 Å². The van der Waals surface area contributed by atoms with Gasteiger partial charge in [-0.2, -0.15) is 0 Å². The van der Waals surface area contributed by atoms with Crippen molar-refractivity contribution in [3.05, 3.63) is 93.5 Å². The lowest BCUT2D eigenvalue weighted by molar-refractivity contribution is -0.123. The van der Waals surface area contributed by atoms with E-state index in [0.29, 0.717) is 25.9 Å². The van der Waals surface area contributed by atoms with Gasteiger partial charge in [-0.15, -0.1) is 0 Å². The summed E-state index contributed by atoms with van der Waals surface area (Å²) < 4.78 is 0. The molecule has 2 aliphatic heterocycles. The third-order valence-corrected chi connectivity index (χ3v) is 8.09. The van der Waals surface area contributed by atoms with Crippen LogP contribution in [0.1, 0.15) is 71.7 Å². The molecule has 0 radical (unpaired) electrons. The van der Waals surface area contributed by atoms with Crippen LogP contribution in [0.4, 0.5) is 5.69 Å². The molecular formula is C33H39N3O3. The SMILES string of the molecule is CCCc1cc(Cc2ccccc2)cc2c1N(C(C)=O)CCC2NC(=O)C1Cc2c(C)cc(O)cc2CCN1. The van der Waals surface area contributed by atoms with E-state index in [0.717, 1.165) is 53.6 Å². The van der Waals surface area contributed by atoms with Gasteiger partial charge in [0, 0.05) is 13.5 Å². The quantitative estimate of drug-likeness (QED) is 0.427. The second kappa shape index (κ2) is 11.6. The van der Waals surface area contributed by atoms with Crippen LogP contribution in [0.2, 0.25) is 0 Å². The van der Waals surface area contributed by atoms with Crippen LogP contribution in [-0.4, -0.2) is 36.1 Å². The summed E-state index contributed by atoms with van der Waals surface area (Å²) in [5.74, 6) is 0.292. The van der Waals surface area contributed by atoms with E-state index in [9.17, 15) is 14.7 Å². The molecule has 2 heterocycles. The van der Waals surface area contributed by atoms with Crippen molar-refractivity contribution in [3.63, 3.8) is 0 Å². The van der Waals surface area contributed by atoms with Crippen molar-refractivity contribution in [1.82, 2.24) is 10.6 Å². The first-order valence-electron chi connectivity index (χ1n) is 14.2. The third kappa shape index (κ3) is 5.86. The third-order valence-electron chi connectivity index (χ3n) is 8.09. The Morgan fingerprint density at radius 1 is 1.10 bits per heavy atom. The zero-order chi connectivity index (χ0) is 27.5. The highest BCUT2D eigenvalue weighted by Gasteiger charge is 2.33. The molecule has 2 unspecified atom stereocenters. The Morgan fingerprint density at radius 2 is 1.90 bits per heavy atom. The fourth-order valence-corrected chi connectivity index (χ4v) is 6.27. The maximum Gasteiger partial charge on any atom is 0.237 e. The van der Waals surface area contributed by atoms with E-state index in [1.807, 2.05) is 24.0 Å². The molecule has 2 aliphatic rings. The lowest BCUT2D eigenvalue weighted by atomic mass is 9.88. The monoisotopic (exact) mass is 525 g/mol. The molecule has 6 heteroatoms. The Morgan fingerprint density at radius 3 is 2.64 bits per heavy atom. The van der Waals surface area contributed by atoms with E-state index in [2.05, 4.69) is 54.0 Å². The van der Waals surface area contributed by atoms with Gasteiger partial charge in [0.15, 0.2) is 0 Å². The molecule has 3 aromatic carbocycles. The van der Waals surface area contributed by atoms with E-state index in [-0.39, 0.29) is 29.6 Å². The van der Waals surface area contributed by atoms with Gasteiger partial charge in [-0.05, 0) is 96.6 Å². The average molecular weight is 526 g/mol. The van der Waals surface area contributed by atoms with Crippen molar-refractivity contribution in [2.45, 2.75) is 71.4 Å². The van der Waals surface area contributed by atoms with E-state index < -0.39 is 0 Å². The molecule has 39 heavy (non-hydrogen) atoms. The van der Waals surface area contributed by atoms with E-state index in [1.165, 1.54) is 16.7 Å². The van der Waals surface area contributed by atoms with Gasteiger partial charge in [0.05, 0.1) is 17.8 Å². The summed E-state index contributed by atoms with van der Waals surface area (Å²) in [5, 5.41) is 16.9. The van der Waals surface area contributed by atoms with Crippen LogP contribution in [0, 0.1) is 6.92 Å². The lowest BCUT2D eigenvalue weighted by Gasteiger charge is -2.37. The molecule has 0 aromatic heterocycles. The number of fused-ring (bicyclic) bond motifs is 2. The highest BCUT2D eigenvalue weighted by atomic mass is 16.3. The molecule has 3 N–H and O–H groups in total. The van der Waals surface area contributed by atoms with Gasteiger partial charge in [-0.1, -0.05) is 55.8 Å². The number of nitrogens with one attached hydrogen (secondary N) is 2. The van der Waals surface area contributed by atoms with Crippen LogP contribution in [0.25, 0.3) is 0 Å². The van der Waals surface area contributed by atoms with Gasteiger partial charge in [0.25, 0.3) is 0 Å². The molecule has 0 spiro atoms. The summed E-state index contributed by atoms with van der Waals surface area (Å²) in [6.07, 6.45) is 4.69. The average Bonchev–Trinajstić information content (AvgIpc) is 3.12. The number of carbonyl (C=O) groups excluding carboxylic acids is 2. The number of nitrogens with zero attached hydrogens (tertiary/aromatic N) is 1. The molecule has 0 aliphatic carbocycles. The van der Waals surface area contributed by atoms with Crippen molar-refractivity contribution < 1.29 is 14.7 Å². The second-order valence-corrected chi connectivity index (χ2v) is 11.0. The topological polar surface area (TPSA) is 81.7 Å². The van der Waals surface area contributed by atoms with Crippen molar-refractivity contribution >= 4 is 17.5 Å².